The number of amides is 1. The Morgan fingerprint density at radius 2 is 2.04 bits per heavy atom. The minimum atomic E-state index is 0.0219. The SMILES string of the molecule is Cc1cc(OCC(=O)N2CCN(Cc3cccnc3)CC2)ccc1Cl. The van der Waals surface area contributed by atoms with Crippen molar-refractivity contribution in [1.82, 2.24) is 14.8 Å². The number of piperazine rings is 1. The fraction of sp³-hybridized carbons (Fsp3) is 0.368. The van der Waals surface area contributed by atoms with E-state index in [1.54, 1.807) is 18.3 Å². The van der Waals surface area contributed by atoms with Gasteiger partial charge in [-0.15, -0.1) is 0 Å². The smallest absolute Gasteiger partial charge is 0.260 e. The first kappa shape index (κ1) is 17.7. The molecule has 5 nitrogen and oxygen atoms in total. The summed E-state index contributed by atoms with van der Waals surface area (Å²) < 4.78 is 5.61. The molecular weight excluding hydrogens is 338 g/mol. The van der Waals surface area contributed by atoms with Crippen molar-refractivity contribution in [1.29, 1.82) is 0 Å². The number of benzene rings is 1. The van der Waals surface area contributed by atoms with Gasteiger partial charge in [0, 0.05) is 50.1 Å². The van der Waals surface area contributed by atoms with Gasteiger partial charge in [-0.1, -0.05) is 17.7 Å². The van der Waals surface area contributed by atoms with Crippen molar-refractivity contribution in [2.45, 2.75) is 13.5 Å². The number of aryl methyl sites for hydroxylation is 1. The van der Waals surface area contributed by atoms with Crippen LogP contribution < -0.4 is 4.74 Å². The highest BCUT2D eigenvalue weighted by Crippen LogP contribution is 2.21. The Hall–Kier alpha value is -2.11. The van der Waals surface area contributed by atoms with Crippen LogP contribution in [0.2, 0.25) is 5.02 Å². The van der Waals surface area contributed by atoms with Crippen LogP contribution in [0.15, 0.2) is 42.7 Å². The Bertz CT molecular complexity index is 716. The number of nitrogens with zero attached hydrogens (tertiary/aromatic N) is 3. The third kappa shape index (κ3) is 4.94. The molecule has 25 heavy (non-hydrogen) atoms. The van der Waals surface area contributed by atoms with Crippen LogP contribution in [0.4, 0.5) is 0 Å². The first-order valence-corrected chi connectivity index (χ1v) is 8.77. The van der Waals surface area contributed by atoms with Gasteiger partial charge in [-0.2, -0.15) is 0 Å². The van der Waals surface area contributed by atoms with E-state index in [0.717, 1.165) is 38.3 Å². The molecule has 0 N–H and O–H groups in total. The number of hydrogen-bond donors (Lipinski definition) is 0. The van der Waals surface area contributed by atoms with Crippen molar-refractivity contribution in [2.75, 3.05) is 32.8 Å². The quantitative estimate of drug-likeness (QED) is 0.823. The fourth-order valence-corrected chi connectivity index (χ4v) is 2.97. The predicted molar refractivity (Wildman–Crippen MR) is 97.8 cm³/mol. The molecule has 2 aromatic rings. The van der Waals surface area contributed by atoms with Gasteiger partial charge in [-0.3, -0.25) is 14.7 Å². The largest absolute Gasteiger partial charge is 0.484 e. The van der Waals surface area contributed by atoms with Gasteiger partial charge < -0.3 is 9.64 Å². The van der Waals surface area contributed by atoms with Gasteiger partial charge in [0.05, 0.1) is 0 Å². The maximum Gasteiger partial charge on any atom is 0.260 e. The summed E-state index contributed by atoms with van der Waals surface area (Å²) in [6, 6.07) is 9.45. The number of carbonyl (C=O) groups is 1. The molecule has 1 amide bonds. The number of halogens is 1. The van der Waals surface area contributed by atoms with Crippen LogP contribution >= 0.6 is 11.6 Å². The minimum absolute atomic E-state index is 0.0219. The standard InChI is InChI=1S/C19H22ClN3O2/c1-15-11-17(4-5-18(15)20)25-14-19(24)23-9-7-22(8-10-23)13-16-3-2-6-21-12-16/h2-6,11-12H,7-10,13-14H2,1H3. The van der Waals surface area contributed by atoms with Gasteiger partial charge in [0.2, 0.25) is 0 Å². The van der Waals surface area contributed by atoms with E-state index < -0.39 is 0 Å². The molecule has 2 heterocycles. The highest BCUT2D eigenvalue weighted by molar-refractivity contribution is 6.31. The molecule has 0 atom stereocenters. The molecule has 0 unspecified atom stereocenters. The zero-order valence-corrected chi connectivity index (χ0v) is 15.1. The summed E-state index contributed by atoms with van der Waals surface area (Å²) in [6.07, 6.45) is 3.67. The number of pyridine rings is 1. The lowest BCUT2D eigenvalue weighted by Crippen LogP contribution is -2.49. The van der Waals surface area contributed by atoms with Gasteiger partial charge in [0.15, 0.2) is 6.61 Å². The topological polar surface area (TPSA) is 45.7 Å². The Morgan fingerprint density at radius 1 is 1.24 bits per heavy atom. The predicted octanol–water partition coefficient (Wildman–Crippen LogP) is 2.77. The summed E-state index contributed by atoms with van der Waals surface area (Å²) in [7, 11) is 0. The minimum Gasteiger partial charge on any atom is -0.484 e. The zero-order valence-electron chi connectivity index (χ0n) is 14.3. The van der Waals surface area contributed by atoms with Crippen molar-refractivity contribution in [2.24, 2.45) is 0 Å². The van der Waals surface area contributed by atoms with Crippen LogP contribution in [0.5, 0.6) is 5.75 Å². The van der Waals surface area contributed by atoms with Crippen molar-refractivity contribution < 1.29 is 9.53 Å². The van der Waals surface area contributed by atoms with E-state index in [1.807, 2.05) is 30.2 Å². The Labute approximate surface area is 153 Å². The van der Waals surface area contributed by atoms with E-state index >= 15 is 0 Å². The van der Waals surface area contributed by atoms with Crippen molar-refractivity contribution in [3.05, 3.63) is 58.9 Å². The summed E-state index contributed by atoms with van der Waals surface area (Å²) >= 11 is 6.00. The van der Waals surface area contributed by atoms with Crippen LogP contribution in [-0.4, -0.2) is 53.5 Å². The summed E-state index contributed by atoms with van der Waals surface area (Å²) in [5.41, 5.74) is 2.14. The molecule has 0 bridgehead atoms. The molecule has 1 aromatic carbocycles. The molecule has 132 valence electrons. The van der Waals surface area contributed by atoms with E-state index in [4.69, 9.17) is 16.3 Å². The highest BCUT2D eigenvalue weighted by atomic mass is 35.5. The highest BCUT2D eigenvalue weighted by Gasteiger charge is 2.21. The van der Waals surface area contributed by atoms with Crippen LogP contribution in [0, 0.1) is 6.92 Å². The van der Waals surface area contributed by atoms with E-state index in [-0.39, 0.29) is 12.5 Å². The summed E-state index contributed by atoms with van der Waals surface area (Å²) in [5, 5.41) is 0.698. The molecule has 1 fully saturated rings. The van der Waals surface area contributed by atoms with Crippen LogP contribution in [0.1, 0.15) is 11.1 Å². The third-order valence-corrected chi connectivity index (χ3v) is 4.77. The van der Waals surface area contributed by atoms with Crippen molar-refractivity contribution in [3.63, 3.8) is 0 Å². The molecule has 0 aliphatic carbocycles. The maximum absolute atomic E-state index is 12.3. The van der Waals surface area contributed by atoms with E-state index in [9.17, 15) is 4.79 Å². The summed E-state index contributed by atoms with van der Waals surface area (Å²) in [6.45, 7) is 6.02. The zero-order chi connectivity index (χ0) is 17.6. The molecule has 1 aliphatic heterocycles. The summed E-state index contributed by atoms with van der Waals surface area (Å²) in [4.78, 5) is 20.7. The first-order chi connectivity index (χ1) is 12.1. The Balaban J connectivity index is 1.44. The lowest BCUT2D eigenvalue weighted by molar-refractivity contribution is -0.135. The maximum atomic E-state index is 12.3. The fourth-order valence-electron chi connectivity index (χ4n) is 2.85. The van der Waals surface area contributed by atoms with Gasteiger partial charge in [-0.05, 0) is 42.3 Å². The molecule has 6 heteroatoms. The number of ether oxygens (including phenoxy) is 1. The second-order valence-electron chi connectivity index (χ2n) is 6.22. The monoisotopic (exact) mass is 359 g/mol. The van der Waals surface area contributed by atoms with Crippen LogP contribution in [0.25, 0.3) is 0 Å². The number of carbonyl (C=O) groups excluding carboxylic acids is 1. The van der Waals surface area contributed by atoms with E-state index in [2.05, 4.69) is 16.0 Å². The van der Waals surface area contributed by atoms with Crippen LogP contribution in [-0.2, 0) is 11.3 Å². The molecule has 0 radical (unpaired) electrons. The van der Waals surface area contributed by atoms with E-state index in [0.29, 0.717) is 10.8 Å². The average Bonchev–Trinajstić information content (AvgIpc) is 2.64. The summed E-state index contributed by atoms with van der Waals surface area (Å²) in [5.74, 6) is 0.694. The number of aromatic nitrogens is 1. The lowest BCUT2D eigenvalue weighted by Gasteiger charge is -2.34. The van der Waals surface area contributed by atoms with Gasteiger partial charge in [0.25, 0.3) is 5.91 Å². The normalized spacial score (nSPS) is 15.2. The Kier molecular flexibility index (Phi) is 5.89. The van der Waals surface area contributed by atoms with Crippen molar-refractivity contribution in [3.8, 4) is 5.75 Å². The van der Waals surface area contributed by atoms with Gasteiger partial charge in [-0.25, -0.2) is 0 Å². The molecule has 0 saturated carbocycles. The van der Waals surface area contributed by atoms with Crippen molar-refractivity contribution >= 4 is 17.5 Å². The lowest BCUT2D eigenvalue weighted by atomic mass is 10.2. The average molecular weight is 360 g/mol. The Morgan fingerprint density at radius 3 is 2.72 bits per heavy atom. The van der Waals surface area contributed by atoms with Gasteiger partial charge in [0.1, 0.15) is 5.75 Å². The first-order valence-electron chi connectivity index (χ1n) is 8.40. The molecule has 0 spiro atoms. The molecule has 1 saturated heterocycles. The van der Waals surface area contributed by atoms with Crippen LogP contribution in [0.3, 0.4) is 0 Å². The second-order valence-corrected chi connectivity index (χ2v) is 6.63. The number of rotatable bonds is 5. The molecule has 1 aliphatic rings. The third-order valence-electron chi connectivity index (χ3n) is 4.35. The molecule has 3 rings (SSSR count). The van der Waals surface area contributed by atoms with E-state index in [1.165, 1.54) is 5.56 Å². The second kappa shape index (κ2) is 8.32. The molecule has 1 aromatic heterocycles. The number of hydrogen-bond acceptors (Lipinski definition) is 4. The van der Waals surface area contributed by atoms with Gasteiger partial charge >= 0.3 is 0 Å². The molecular formula is C19H22ClN3O2.